The molecular weight excluding hydrogens is 460 g/mol. The first kappa shape index (κ1) is 28.5. The number of hydrogen-bond donors (Lipinski definition) is 0. The average molecular weight is 498 g/mol. The summed E-state index contributed by atoms with van der Waals surface area (Å²) in [5.74, 6) is 8.30. The van der Waals surface area contributed by atoms with Crippen molar-refractivity contribution in [1.29, 1.82) is 0 Å². The molecule has 0 aliphatic heterocycles. The highest BCUT2D eigenvalue weighted by atomic mass is 79.9. The second-order valence-corrected chi connectivity index (χ2v) is 15.1. The fourth-order valence-electron chi connectivity index (χ4n) is 2.59. The van der Waals surface area contributed by atoms with Gasteiger partial charge in [0, 0.05) is 25.7 Å². The van der Waals surface area contributed by atoms with E-state index >= 15 is 0 Å². The summed E-state index contributed by atoms with van der Waals surface area (Å²) in [6.07, 6.45) is 4.41. The van der Waals surface area contributed by atoms with Gasteiger partial charge >= 0.3 is 11.9 Å². The van der Waals surface area contributed by atoms with Crippen molar-refractivity contribution < 1.29 is 19.1 Å². The minimum Gasteiger partial charge on any atom is -0.468 e. The van der Waals surface area contributed by atoms with E-state index in [1.807, 2.05) is 0 Å². The smallest absolute Gasteiger partial charge is 0.323 e. The van der Waals surface area contributed by atoms with Gasteiger partial charge in [0.25, 0.3) is 0 Å². The zero-order chi connectivity index (χ0) is 23.4. The molecule has 0 saturated carbocycles. The number of ether oxygens (including phenoxy) is 2. The van der Waals surface area contributed by atoms with E-state index in [1.165, 1.54) is 14.2 Å². The van der Waals surface area contributed by atoms with Gasteiger partial charge in [0.2, 0.25) is 0 Å². The highest BCUT2D eigenvalue weighted by Gasteiger charge is 2.48. The summed E-state index contributed by atoms with van der Waals surface area (Å²) in [6, 6.07) is 0. The van der Waals surface area contributed by atoms with E-state index in [4.69, 9.17) is 9.47 Å². The Labute approximate surface area is 192 Å². The van der Waals surface area contributed by atoms with Crippen molar-refractivity contribution in [3.63, 3.8) is 0 Å². The summed E-state index contributed by atoms with van der Waals surface area (Å²) in [6.45, 7) is 15.2. The Morgan fingerprint density at radius 3 is 1.83 bits per heavy atom. The molecule has 0 saturated heterocycles. The van der Waals surface area contributed by atoms with Crippen LogP contribution in [-0.4, -0.2) is 34.2 Å². The van der Waals surface area contributed by atoms with Crippen LogP contribution in [0.3, 0.4) is 0 Å². The molecule has 0 aliphatic carbocycles. The summed E-state index contributed by atoms with van der Waals surface area (Å²) in [4.78, 5) is 24.7. The van der Waals surface area contributed by atoms with E-state index in [9.17, 15) is 9.59 Å². The van der Waals surface area contributed by atoms with Crippen molar-refractivity contribution in [1.82, 2.24) is 0 Å². The fraction of sp³-hybridized carbons (Fsp3) is 0.667. The maximum atomic E-state index is 12.3. The van der Waals surface area contributed by atoms with Gasteiger partial charge in [0.05, 0.1) is 14.2 Å². The third-order valence-electron chi connectivity index (χ3n) is 5.58. The van der Waals surface area contributed by atoms with E-state index in [0.717, 1.165) is 25.7 Å². The van der Waals surface area contributed by atoms with Gasteiger partial charge in [-0.05, 0) is 28.8 Å². The number of hydrogen-bond acceptors (Lipinski definition) is 4. The second-order valence-electron chi connectivity index (χ2n) is 9.00. The fourth-order valence-corrected chi connectivity index (χ4v) is 4.01. The molecule has 0 fully saturated rings. The maximum Gasteiger partial charge on any atom is 0.323 e. The van der Waals surface area contributed by atoms with Gasteiger partial charge in [0.1, 0.15) is 8.07 Å². The molecule has 0 amide bonds. The van der Waals surface area contributed by atoms with E-state index in [1.54, 1.807) is 0 Å². The Hall–Kier alpha value is -1.50. The predicted molar refractivity (Wildman–Crippen MR) is 130 cm³/mol. The molecule has 0 N–H and O–H groups in total. The minimum absolute atomic E-state index is 0.112. The molecule has 0 unspecified atom stereocenters. The topological polar surface area (TPSA) is 52.6 Å². The zero-order valence-corrected chi connectivity index (χ0v) is 22.3. The van der Waals surface area contributed by atoms with Crippen LogP contribution >= 0.6 is 15.9 Å². The lowest BCUT2D eigenvalue weighted by Gasteiger charge is -2.31. The molecule has 0 rings (SSSR count). The number of rotatable bonds is 9. The monoisotopic (exact) mass is 496 g/mol. The molecule has 0 spiro atoms. The number of allylic oxidation sites excluding steroid dienone is 1. The van der Waals surface area contributed by atoms with Crippen LogP contribution in [0.15, 0.2) is 11.1 Å². The van der Waals surface area contributed by atoms with Crippen molar-refractivity contribution in [3.8, 4) is 23.3 Å². The quantitative estimate of drug-likeness (QED) is 0.129. The Balaban J connectivity index is 4.67. The van der Waals surface area contributed by atoms with Gasteiger partial charge in [-0.1, -0.05) is 56.4 Å². The average Bonchev–Trinajstić information content (AvgIpc) is 2.65. The first-order valence-corrected chi connectivity index (χ1v) is 14.1. The lowest BCUT2D eigenvalue weighted by molar-refractivity contribution is -0.169. The Bertz CT molecular complexity index is 710. The van der Waals surface area contributed by atoms with Gasteiger partial charge < -0.3 is 9.47 Å². The van der Waals surface area contributed by atoms with Crippen molar-refractivity contribution in [2.75, 3.05) is 14.2 Å². The van der Waals surface area contributed by atoms with E-state index in [2.05, 4.69) is 79.7 Å². The third-order valence-corrected chi connectivity index (χ3v) is 10.4. The summed E-state index contributed by atoms with van der Waals surface area (Å²) in [7, 11) is 1.00. The van der Waals surface area contributed by atoms with Crippen LogP contribution in [-0.2, 0) is 19.1 Å². The van der Waals surface area contributed by atoms with Crippen molar-refractivity contribution in [3.05, 3.63) is 11.1 Å². The molecular formula is C24H37BrO4Si. The number of carbonyl (C=O) groups excluding carboxylic acids is 2. The summed E-state index contributed by atoms with van der Waals surface area (Å²) in [5.41, 5.74) is 2.11. The van der Waals surface area contributed by atoms with Crippen LogP contribution in [0.4, 0.5) is 0 Å². The van der Waals surface area contributed by atoms with Crippen LogP contribution < -0.4 is 0 Å². The van der Waals surface area contributed by atoms with E-state index in [-0.39, 0.29) is 17.9 Å². The van der Waals surface area contributed by atoms with Crippen LogP contribution in [0, 0.1) is 28.7 Å². The number of esters is 2. The molecule has 0 aliphatic rings. The van der Waals surface area contributed by atoms with Crippen molar-refractivity contribution in [2.45, 2.75) is 83.8 Å². The van der Waals surface area contributed by atoms with E-state index < -0.39 is 25.4 Å². The van der Waals surface area contributed by atoms with Crippen LogP contribution in [0.25, 0.3) is 0 Å². The summed E-state index contributed by atoms with van der Waals surface area (Å²) < 4.78 is 10.2. The molecule has 6 heteroatoms. The molecule has 0 aromatic heterocycles. The van der Waals surface area contributed by atoms with Crippen LogP contribution in [0.1, 0.15) is 65.7 Å². The largest absolute Gasteiger partial charge is 0.468 e. The van der Waals surface area contributed by atoms with Gasteiger partial charge in [-0.2, -0.15) is 0 Å². The van der Waals surface area contributed by atoms with Gasteiger partial charge in [-0.15, -0.1) is 23.3 Å². The number of halogens is 1. The number of unbranched alkanes of at least 4 members (excludes halogenated alkanes) is 3. The summed E-state index contributed by atoms with van der Waals surface area (Å²) >= 11 is 3.24. The molecule has 0 aromatic carbocycles. The lowest BCUT2D eigenvalue weighted by atomic mass is 9.80. The lowest BCUT2D eigenvalue weighted by Crippen LogP contribution is -2.41. The van der Waals surface area contributed by atoms with Crippen LogP contribution in [0.2, 0.25) is 18.1 Å². The molecule has 30 heavy (non-hydrogen) atoms. The van der Waals surface area contributed by atoms with E-state index in [0.29, 0.717) is 10.9 Å². The summed E-state index contributed by atoms with van der Waals surface area (Å²) in [5, 5.41) is 0.288. The molecule has 4 nitrogen and oxygen atoms in total. The minimum atomic E-state index is -1.52. The molecule has 168 valence electrons. The molecule has 0 bridgehead atoms. The Morgan fingerprint density at radius 2 is 1.40 bits per heavy atom. The normalized spacial score (nSPS) is 11.5. The molecule has 0 heterocycles. The highest BCUT2D eigenvalue weighted by molar-refractivity contribution is 9.11. The Kier molecular flexibility index (Phi) is 12.4. The standard InChI is InChI=1S/C24H37BrO4Si/c1-20(25)19-24(21(26)28-5,22(27)29-6)17-15-13-11-9-10-12-14-16-18-30(7,8)23(2,3)4/h1,9-10,12,14-15,17,19H2,2-8H3. The van der Waals surface area contributed by atoms with Gasteiger partial charge in [-0.25, -0.2) is 0 Å². The first-order chi connectivity index (χ1) is 13.8. The van der Waals surface area contributed by atoms with Crippen molar-refractivity contribution in [2.24, 2.45) is 5.41 Å². The SMILES string of the molecule is C=C(Br)CC(CCC#CCCCCC#C[Si](C)(C)C(C)(C)C)(C(=O)OC)C(=O)OC. The van der Waals surface area contributed by atoms with Gasteiger partial charge in [0.15, 0.2) is 5.41 Å². The first-order valence-electron chi connectivity index (χ1n) is 10.3. The van der Waals surface area contributed by atoms with Crippen LogP contribution in [0.5, 0.6) is 0 Å². The number of carbonyl (C=O) groups is 2. The highest BCUT2D eigenvalue weighted by Crippen LogP contribution is 2.36. The second kappa shape index (κ2) is 13.0. The Morgan fingerprint density at radius 1 is 0.933 bits per heavy atom. The molecule has 0 atom stereocenters. The maximum absolute atomic E-state index is 12.3. The third kappa shape index (κ3) is 9.10. The van der Waals surface area contributed by atoms with Gasteiger partial charge in [-0.3, -0.25) is 9.59 Å². The number of methoxy groups -OCH3 is 2. The van der Waals surface area contributed by atoms with Crippen molar-refractivity contribution >= 4 is 35.9 Å². The molecule has 0 aromatic rings. The predicted octanol–water partition coefficient (Wildman–Crippen LogP) is 6.01. The zero-order valence-electron chi connectivity index (χ0n) is 19.7. The molecule has 0 radical (unpaired) electrons.